The molecule has 2 aliphatic rings. The van der Waals surface area contributed by atoms with Crippen molar-refractivity contribution in [2.45, 2.75) is 33.2 Å². The first-order valence-electron chi connectivity index (χ1n) is 12.4. The quantitative estimate of drug-likeness (QED) is 0.571. The molecule has 1 N–H and O–H groups in total. The van der Waals surface area contributed by atoms with E-state index in [1.807, 2.05) is 22.6 Å². The van der Waals surface area contributed by atoms with Crippen molar-refractivity contribution >= 4 is 23.8 Å². The highest BCUT2D eigenvalue weighted by Crippen LogP contribution is 2.26. The smallest absolute Gasteiger partial charge is 0.274 e. The largest absolute Gasteiger partial charge is 0.337 e. The van der Waals surface area contributed by atoms with Gasteiger partial charge in [-0.05, 0) is 31.7 Å². The molecule has 0 aromatic carbocycles. The number of imidazole rings is 1. The molecule has 0 aliphatic carbocycles. The van der Waals surface area contributed by atoms with Gasteiger partial charge in [0.05, 0.1) is 24.3 Å². The second kappa shape index (κ2) is 11.5. The van der Waals surface area contributed by atoms with Crippen molar-refractivity contribution in [3.63, 3.8) is 0 Å². The van der Waals surface area contributed by atoms with E-state index in [2.05, 4.69) is 25.1 Å². The van der Waals surface area contributed by atoms with Gasteiger partial charge in [0.25, 0.3) is 5.91 Å². The molecular formula is C25H35N7O3. The Morgan fingerprint density at radius 3 is 2.43 bits per heavy atom. The number of carbonyl (C=O) groups excluding carboxylic acids is 3. The third-order valence-corrected chi connectivity index (χ3v) is 6.91. The van der Waals surface area contributed by atoms with E-state index < -0.39 is 0 Å². The summed E-state index contributed by atoms with van der Waals surface area (Å²) in [5, 5.41) is 2.78. The van der Waals surface area contributed by atoms with Crippen LogP contribution in [0.1, 0.15) is 37.2 Å². The van der Waals surface area contributed by atoms with E-state index in [4.69, 9.17) is 0 Å². The SMILES string of the molecule is CCn1cnc(-c2cnc(C(=O)N3CCC(CN4CCN(CC=O)CC4)CC3)c(NC(C)=O)c2)c1. The molecule has 35 heavy (non-hydrogen) atoms. The summed E-state index contributed by atoms with van der Waals surface area (Å²) in [7, 11) is 0. The van der Waals surface area contributed by atoms with Crippen LogP contribution >= 0.6 is 0 Å². The van der Waals surface area contributed by atoms with Crippen LogP contribution in [0.4, 0.5) is 5.69 Å². The van der Waals surface area contributed by atoms with Gasteiger partial charge in [0, 0.05) is 77.2 Å². The lowest BCUT2D eigenvalue weighted by atomic mass is 9.95. The molecule has 2 saturated heterocycles. The number of nitrogens with one attached hydrogen (secondary N) is 1. The zero-order chi connectivity index (χ0) is 24.8. The zero-order valence-electron chi connectivity index (χ0n) is 20.7. The van der Waals surface area contributed by atoms with Crippen LogP contribution < -0.4 is 5.32 Å². The molecule has 2 aliphatic heterocycles. The molecule has 188 valence electrons. The van der Waals surface area contributed by atoms with Crippen LogP contribution in [0.25, 0.3) is 11.3 Å². The second-order valence-electron chi connectivity index (χ2n) is 9.39. The van der Waals surface area contributed by atoms with Gasteiger partial charge in [-0.3, -0.25) is 14.5 Å². The van der Waals surface area contributed by atoms with Gasteiger partial charge in [-0.15, -0.1) is 0 Å². The zero-order valence-corrected chi connectivity index (χ0v) is 20.7. The third kappa shape index (κ3) is 6.32. The van der Waals surface area contributed by atoms with Crippen LogP contribution in [0, 0.1) is 5.92 Å². The number of nitrogens with zero attached hydrogens (tertiary/aromatic N) is 6. The van der Waals surface area contributed by atoms with Crippen molar-refractivity contribution in [1.82, 2.24) is 29.2 Å². The Kier molecular flexibility index (Phi) is 8.25. The van der Waals surface area contributed by atoms with Crippen molar-refractivity contribution in [2.24, 2.45) is 5.92 Å². The van der Waals surface area contributed by atoms with Crippen LogP contribution in [-0.2, 0) is 16.1 Å². The van der Waals surface area contributed by atoms with Gasteiger partial charge < -0.3 is 24.5 Å². The highest BCUT2D eigenvalue weighted by Gasteiger charge is 2.28. The Balaban J connectivity index is 1.37. The van der Waals surface area contributed by atoms with Crippen molar-refractivity contribution in [3.05, 3.63) is 30.5 Å². The maximum atomic E-state index is 13.3. The Bertz CT molecular complexity index is 1040. The predicted octanol–water partition coefficient (Wildman–Crippen LogP) is 1.59. The summed E-state index contributed by atoms with van der Waals surface area (Å²) in [5.74, 6) is 0.153. The molecule has 2 aromatic rings. The molecule has 4 heterocycles. The monoisotopic (exact) mass is 481 g/mol. The fraction of sp³-hybridized carbons (Fsp3) is 0.560. The molecular weight excluding hydrogens is 446 g/mol. The molecule has 10 heteroatoms. The van der Waals surface area contributed by atoms with E-state index in [1.54, 1.807) is 18.6 Å². The topological polar surface area (TPSA) is 104 Å². The van der Waals surface area contributed by atoms with E-state index in [0.717, 1.165) is 69.7 Å². The number of piperidine rings is 1. The van der Waals surface area contributed by atoms with Gasteiger partial charge in [-0.1, -0.05) is 0 Å². The number of aryl methyl sites for hydroxylation is 1. The van der Waals surface area contributed by atoms with Crippen molar-refractivity contribution < 1.29 is 14.4 Å². The molecule has 0 spiro atoms. The number of piperazine rings is 1. The number of amides is 2. The fourth-order valence-electron chi connectivity index (χ4n) is 4.84. The van der Waals surface area contributed by atoms with Gasteiger partial charge in [-0.25, -0.2) is 9.97 Å². The number of anilines is 1. The van der Waals surface area contributed by atoms with Crippen LogP contribution in [0.3, 0.4) is 0 Å². The fourth-order valence-corrected chi connectivity index (χ4v) is 4.84. The lowest BCUT2D eigenvalue weighted by Gasteiger charge is -2.38. The molecule has 2 fully saturated rings. The number of likely N-dealkylation sites (tertiary alicyclic amines) is 1. The lowest BCUT2D eigenvalue weighted by molar-refractivity contribution is -0.114. The average Bonchev–Trinajstić information content (AvgIpc) is 3.35. The molecule has 2 amide bonds. The summed E-state index contributed by atoms with van der Waals surface area (Å²) in [5.41, 5.74) is 2.19. The van der Waals surface area contributed by atoms with E-state index in [1.165, 1.54) is 6.92 Å². The number of aldehydes is 1. The molecule has 0 bridgehead atoms. The summed E-state index contributed by atoms with van der Waals surface area (Å²) in [6.45, 7) is 11.0. The van der Waals surface area contributed by atoms with Crippen LogP contribution in [0.2, 0.25) is 0 Å². The number of rotatable bonds is 8. The maximum absolute atomic E-state index is 13.3. The minimum absolute atomic E-state index is 0.152. The summed E-state index contributed by atoms with van der Waals surface area (Å²) in [6.07, 6.45) is 8.19. The normalized spacial score (nSPS) is 17.9. The number of hydrogen-bond donors (Lipinski definition) is 1. The first-order valence-corrected chi connectivity index (χ1v) is 12.4. The van der Waals surface area contributed by atoms with Crippen molar-refractivity contribution in [2.75, 3.05) is 57.7 Å². The molecule has 0 unspecified atom stereocenters. The maximum Gasteiger partial charge on any atom is 0.274 e. The Labute approximate surface area is 206 Å². The van der Waals surface area contributed by atoms with Gasteiger partial charge in [0.2, 0.25) is 5.91 Å². The summed E-state index contributed by atoms with van der Waals surface area (Å²) in [6, 6.07) is 1.78. The van der Waals surface area contributed by atoms with Crippen LogP contribution in [0.5, 0.6) is 0 Å². The Morgan fingerprint density at radius 1 is 1.09 bits per heavy atom. The molecule has 0 saturated carbocycles. The molecule has 0 radical (unpaired) electrons. The molecule has 10 nitrogen and oxygen atoms in total. The standard InChI is InChI=1S/C25H35N7O3/c1-3-29-17-23(27-18-29)21-14-22(28-19(2)34)24(26-15-21)25(35)32-6-4-20(5-7-32)16-31-10-8-30(9-11-31)12-13-33/h13-15,17-18,20H,3-12,16H2,1-2H3,(H,28,34). The van der Waals surface area contributed by atoms with Crippen molar-refractivity contribution in [3.8, 4) is 11.3 Å². The molecule has 2 aromatic heterocycles. The Hall–Kier alpha value is -3.11. The van der Waals surface area contributed by atoms with Crippen molar-refractivity contribution in [1.29, 1.82) is 0 Å². The number of hydrogen-bond acceptors (Lipinski definition) is 7. The second-order valence-corrected chi connectivity index (χ2v) is 9.39. The van der Waals surface area contributed by atoms with Crippen LogP contribution in [-0.4, -0.2) is 99.7 Å². The summed E-state index contributed by atoms with van der Waals surface area (Å²) in [4.78, 5) is 51.3. The molecule has 0 atom stereocenters. The third-order valence-electron chi connectivity index (χ3n) is 6.91. The average molecular weight is 482 g/mol. The Morgan fingerprint density at radius 2 is 1.80 bits per heavy atom. The van der Waals surface area contributed by atoms with E-state index >= 15 is 0 Å². The number of pyridine rings is 1. The van der Waals surface area contributed by atoms with E-state index in [0.29, 0.717) is 31.2 Å². The van der Waals surface area contributed by atoms with Gasteiger partial charge in [-0.2, -0.15) is 0 Å². The van der Waals surface area contributed by atoms with Gasteiger partial charge >= 0.3 is 0 Å². The minimum atomic E-state index is -0.246. The van der Waals surface area contributed by atoms with Crippen LogP contribution in [0.15, 0.2) is 24.8 Å². The first kappa shape index (κ1) is 25.0. The lowest BCUT2D eigenvalue weighted by Crippen LogP contribution is -2.49. The predicted molar refractivity (Wildman–Crippen MR) is 133 cm³/mol. The van der Waals surface area contributed by atoms with E-state index in [-0.39, 0.29) is 17.5 Å². The summed E-state index contributed by atoms with van der Waals surface area (Å²) >= 11 is 0. The first-order chi connectivity index (χ1) is 17.0. The molecule has 4 rings (SSSR count). The van der Waals surface area contributed by atoms with Gasteiger partial charge in [0.1, 0.15) is 6.29 Å². The highest BCUT2D eigenvalue weighted by molar-refractivity contribution is 6.02. The number of aromatic nitrogens is 3. The summed E-state index contributed by atoms with van der Waals surface area (Å²) < 4.78 is 1.96. The number of carbonyl (C=O) groups is 3. The minimum Gasteiger partial charge on any atom is -0.337 e. The van der Waals surface area contributed by atoms with E-state index in [9.17, 15) is 14.4 Å². The highest BCUT2D eigenvalue weighted by atomic mass is 16.2. The van der Waals surface area contributed by atoms with Gasteiger partial charge in [0.15, 0.2) is 5.69 Å².